The van der Waals surface area contributed by atoms with Crippen molar-refractivity contribution in [1.29, 1.82) is 0 Å². The van der Waals surface area contributed by atoms with Crippen LogP contribution in [0.15, 0.2) is 0 Å². The first-order valence-corrected chi connectivity index (χ1v) is 6.24. The van der Waals surface area contributed by atoms with Crippen LogP contribution in [0.25, 0.3) is 0 Å². The fourth-order valence-corrected chi connectivity index (χ4v) is 2.10. The third-order valence-corrected chi connectivity index (χ3v) is 3.20. The highest BCUT2D eigenvalue weighted by atomic mass is 16.4. The van der Waals surface area contributed by atoms with E-state index in [0.717, 1.165) is 25.7 Å². The van der Waals surface area contributed by atoms with E-state index in [1.165, 1.54) is 0 Å². The van der Waals surface area contributed by atoms with E-state index in [0.29, 0.717) is 18.9 Å². The van der Waals surface area contributed by atoms with Gasteiger partial charge in [-0.05, 0) is 38.0 Å². The van der Waals surface area contributed by atoms with Crippen molar-refractivity contribution in [1.82, 2.24) is 5.32 Å². The molecule has 1 amide bonds. The highest BCUT2D eigenvalue weighted by Gasteiger charge is 2.19. The average Bonchev–Trinajstić information content (AvgIpc) is 2.28. The average molecular weight is 243 g/mol. The van der Waals surface area contributed by atoms with Gasteiger partial charge in [0.15, 0.2) is 0 Å². The second kappa shape index (κ2) is 7.27. The van der Waals surface area contributed by atoms with E-state index in [1.54, 1.807) is 0 Å². The second-order valence-electron chi connectivity index (χ2n) is 4.73. The summed E-state index contributed by atoms with van der Waals surface area (Å²) in [4.78, 5) is 21.6. The smallest absolute Gasteiger partial charge is 0.303 e. The Kier molecular flexibility index (Phi) is 5.97. The highest BCUT2D eigenvalue weighted by molar-refractivity contribution is 5.76. The standard InChI is InChI=1S/C12H21NO4/c14-10-6-4-9(5-7-10)8-13-11(15)2-1-3-12(16)17/h9-10,14H,1-8H2,(H,13,15)(H,16,17). The van der Waals surface area contributed by atoms with Crippen LogP contribution in [0.3, 0.4) is 0 Å². The van der Waals surface area contributed by atoms with Gasteiger partial charge in [0.1, 0.15) is 0 Å². The van der Waals surface area contributed by atoms with Gasteiger partial charge >= 0.3 is 5.97 Å². The summed E-state index contributed by atoms with van der Waals surface area (Å²) in [5.74, 6) is -0.474. The summed E-state index contributed by atoms with van der Waals surface area (Å²) in [6.45, 7) is 0.651. The molecule has 1 rings (SSSR count). The van der Waals surface area contributed by atoms with Crippen LogP contribution in [0, 0.1) is 5.92 Å². The van der Waals surface area contributed by atoms with Crippen LogP contribution in [0.1, 0.15) is 44.9 Å². The molecule has 0 atom stereocenters. The molecule has 0 saturated heterocycles. The maximum Gasteiger partial charge on any atom is 0.303 e. The maximum atomic E-state index is 11.4. The Bertz CT molecular complexity index is 259. The molecule has 1 saturated carbocycles. The monoisotopic (exact) mass is 243 g/mol. The molecule has 1 aliphatic carbocycles. The number of carbonyl (C=O) groups excluding carboxylic acids is 1. The van der Waals surface area contributed by atoms with Crippen LogP contribution in [-0.4, -0.2) is 34.7 Å². The number of carboxylic acid groups (broad SMARTS) is 1. The van der Waals surface area contributed by atoms with E-state index < -0.39 is 5.97 Å². The fraction of sp³-hybridized carbons (Fsp3) is 0.833. The van der Waals surface area contributed by atoms with E-state index in [9.17, 15) is 14.7 Å². The summed E-state index contributed by atoms with van der Waals surface area (Å²) < 4.78 is 0. The minimum atomic E-state index is -0.862. The van der Waals surface area contributed by atoms with Gasteiger partial charge in [-0.2, -0.15) is 0 Å². The molecular weight excluding hydrogens is 222 g/mol. The molecular formula is C12H21NO4. The van der Waals surface area contributed by atoms with E-state index in [1.807, 2.05) is 0 Å². The van der Waals surface area contributed by atoms with Crippen LogP contribution >= 0.6 is 0 Å². The van der Waals surface area contributed by atoms with Gasteiger partial charge < -0.3 is 15.5 Å². The van der Waals surface area contributed by atoms with Crippen molar-refractivity contribution < 1.29 is 19.8 Å². The molecule has 5 nitrogen and oxygen atoms in total. The number of hydrogen-bond acceptors (Lipinski definition) is 3. The molecule has 3 N–H and O–H groups in total. The van der Waals surface area contributed by atoms with Crippen LogP contribution < -0.4 is 5.32 Å². The maximum absolute atomic E-state index is 11.4. The van der Waals surface area contributed by atoms with Gasteiger partial charge in [0.05, 0.1) is 6.10 Å². The van der Waals surface area contributed by atoms with Crippen molar-refractivity contribution in [3.05, 3.63) is 0 Å². The summed E-state index contributed by atoms with van der Waals surface area (Å²) in [5, 5.41) is 20.6. The highest BCUT2D eigenvalue weighted by Crippen LogP contribution is 2.23. The number of aliphatic hydroxyl groups is 1. The quantitative estimate of drug-likeness (QED) is 0.647. The van der Waals surface area contributed by atoms with E-state index in [2.05, 4.69) is 5.32 Å². The molecule has 0 spiro atoms. The van der Waals surface area contributed by atoms with Crippen molar-refractivity contribution in [3.63, 3.8) is 0 Å². The minimum Gasteiger partial charge on any atom is -0.481 e. The molecule has 0 aromatic rings. The zero-order valence-corrected chi connectivity index (χ0v) is 10.0. The first-order chi connectivity index (χ1) is 8.08. The second-order valence-corrected chi connectivity index (χ2v) is 4.73. The van der Waals surface area contributed by atoms with Crippen LogP contribution in [0.5, 0.6) is 0 Å². The third-order valence-electron chi connectivity index (χ3n) is 3.20. The number of rotatable bonds is 6. The van der Waals surface area contributed by atoms with E-state index >= 15 is 0 Å². The van der Waals surface area contributed by atoms with Crippen molar-refractivity contribution in [2.24, 2.45) is 5.92 Å². The lowest BCUT2D eigenvalue weighted by atomic mass is 9.87. The van der Waals surface area contributed by atoms with Gasteiger partial charge in [0, 0.05) is 19.4 Å². The minimum absolute atomic E-state index is 0.0447. The lowest BCUT2D eigenvalue weighted by Gasteiger charge is -2.25. The topological polar surface area (TPSA) is 86.6 Å². The summed E-state index contributed by atoms with van der Waals surface area (Å²) in [6.07, 6.45) is 4.10. The Labute approximate surface area is 101 Å². The Hall–Kier alpha value is -1.10. The summed E-state index contributed by atoms with van der Waals surface area (Å²) in [6, 6.07) is 0. The molecule has 1 aliphatic rings. The van der Waals surface area contributed by atoms with Crippen molar-refractivity contribution in [2.75, 3.05) is 6.54 Å². The van der Waals surface area contributed by atoms with Crippen LogP contribution in [0.2, 0.25) is 0 Å². The van der Waals surface area contributed by atoms with Gasteiger partial charge in [0.2, 0.25) is 5.91 Å². The third kappa shape index (κ3) is 6.26. The number of amides is 1. The SMILES string of the molecule is O=C(O)CCCC(=O)NCC1CCC(O)CC1. The fourth-order valence-electron chi connectivity index (χ4n) is 2.10. The number of aliphatic hydroxyl groups excluding tert-OH is 1. The predicted molar refractivity (Wildman–Crippen MR) is 62.5 cm³/mol. The zero-order chi connectivity index (χ0) is 12.7. The van der Waals surface area contributed by atoms with Crippen molar-refractivity contribution in [3.8, 4) is 0 Å². The Morgan fingerprint density at radius 1 is 1.12 bits per heavy atom. The molecule has 17 heavy (non-hydrogen) atoms. The molecule has 0 aromatic carbocycles. The first-order valence-electron chi connectivity index (χ1n) is 6.24. The van der Waals surface area contributed by atoms with Gasteiger partial charge in [-0.3, -0.25) is 9.59 Å². The Balaban J connectivity index is 2.05. The van der Waals surface area contributed by atoms with Crippen molar-refractivity contribution in [2.45, 2.75) is 51.0 Å². The molecule has 1 fully saturated rings. The summed E-state index contributed by atoms with van der Waals surface area (Å²) >= 11 is 0. The lowest BCUT2D eigenvalue weighted by molar-refractivity contribution is -0.137. The number of carboxylic acids is 1. The van der Waals surface area contributed by atoms with Crippen LogP contribution in [0.4, 0.5) is 0 Å². The molecule has 0 radical (unpaired) electrons. The van der Waals surface area contributed by atoms with Gasteiger partial charge in [-0.25, -0.2) is 0 Å². The number of aliphatic carboxylic acids is 1. The van der Waals surface area contributed by atoms with Gasteiger partial charge in [-0.1, -0.05) is 0 Å². The zero-order valence-electron chi connectivity index (χ0n) is 10.0. The number of hydrogen-bond donors (Lipinski definition) is 3. The molecule has 0 bridgehead atoms. The molecule has 5 heteroatoms. The predicted octanol–water partition coefficient (Wildman–Crippen LogP) is 0.909. The molecule has 0 aromatic heterocycles. The molecule has 0 heterocycles. The molecule has 98 valence electrons. The summed E-state index contributed by atoms with van der Waals surface area (Å²) in [5.41, 5.74) is 0. The van der Waals surface area contributed by atoms with Crippen LogP contribution in [-0.2, 0) is 9.59 Å². The number of carbonyl (C=O) groups is 2. The van der Waals surface area contributed by atoms with E-state index in [-0.39, 0.29) is 24.9 Å². The van der Waals surface area contributed by atoms with Crippen molar-refractivity contribution >= 4 is 11.9 Å². The van der Waals surface area contributed by atoms with Gasteiger partial charge in [0.25, 0.3) is 0 Å². The lowest BCUT2D eigenvalue weighted by Crippen LogP contribution is -2.32. The Morgan fingerprint density at radius 3 is 2.35 bits per heavy atom. The van der Waals surface area contributed by atoms with E-state index in [4.69, 9.17) is 5.11 Å². The molecule has 0 unspecified atom stereocenters. The summed E-state index contributed by atoms with van der Waals surface area (Å²) in [7, 11) is 0. The normalized spacial score (nSPS) is 24.3. The Morgan fingerprint density at radius 2 is 1.76 bits per heavy atom. The van der Waals surface area contributed by atoms with Gasteiger partial charge in [-0.15, -0.1) is 0 Å². The number of nitrogens with one attached hydrogen (secondary N) is 1. The molecule has 0 aliphatic heterocycles. The first kappa shape index (κ1) is 14.0. The largest absolute Gasteiger partial charge is 0.481 e.